The van der Waals surface area contributed by atoms with Crippen LogP contribution in [0.4, 0.5) is 17.6 Å². The van der Waals surface area contributed by atoms with Crippen molar-refractivity contribution in [2.45, 2.75) is 46.0 Å². The summed E-state index contributed by atoms with van der Waals surface area (Å²) in [6, 6.07) is 14.9. The third-order valence-corrected chi connectivity index (χ3v) is 7.45. The molecule has 0 N–H and O–H groups in total. The third kappa shape index (κ3) is 5.81. The van der Waals surface area contributed by atoms with E-state index in [1.54, 1.807) is 69.4 Å². The van der Waals surface area contributed by atoms with Gasteiger partial charge in [0.15, 0.2) is 0 Å². The van der Waals surface area contributed by atoms with Crippen molar-refractivity contribution in [3.63, 3.8) is 0 Å². The monoisotopic (exact) mass is 603 g/mol. The van der Waals surface area contributed by atoms with Crippen LogP contribution in [-0.2, 0) is 23.9 Å². The van der Waals surface area contributed by atoms with Crippen LogP contribution in [0.3, 0.4) is 0 Å². The van der Waals surface area contributed by atoms with E-state index >= 15 is 0 Å². The molecule has 0 aliphatic rings. The number of aromatic nitrogens is 3. The molecule has 5 aromatic rings. The van der Waals surface area contributed by atoms with Crippen LogP contribution in [0.1, 0.15) is 52.4 Å². The second kappa shape index (κ2) is 11.8. The van der Waals surface area contributed by atoms with E-state index in [1.165, 1.54) is 9.30 Å². The van der Waals surface area contributed by atoms with Crippen LogP contribution in [0, 0.1) is 31.0 Å². The normalized spacial score (nSPS) is 12.2. The van der Waals surface area contributed by atoms with Crippen LogP contribution in [0.5, 0.6) is 0 Å². The topological polar surface area (TPSA) is 104 Å². The number of amides is 1. The molecule has 44 heavy (non-hydrogen) atoms. The maximum absolute atomic E-state index is 14.4. The van der Waals surface area contributed by atoms with Gasteiger partial charge >= 0.3 is 6.18 Å². The maximum Gasteiger partial charge on any atom is 0.419 e. The molecule has 0 aliphatic heterocycles. The highest BCUT2D eigenvalue weighted by atomic mass is 19.4. The Morgan fingerprint density at radius 3 is 2.45 bits per heavy atom. The summed E-state index contributed by atoms with van der Waals surface area (Å²) in [6.45, 7) is 5.02. The van der Waals surface area contributed by atoms with E-state index in [-0.39, 0.29) is 23.4 Å². The van der Waals surface area contributed by atoms with Crippen molar-refractivity contribution in [3.05, 3.63) is 122 Å². The zero-order valence-corrected chi connectivity index (χ0v) is 23.8. The smallest absolute Gasteiger partial charge is 0.361 e. The quantitative estimate of drug-likeness (QED) is 0.202. The molecule has 1 atom stereocenters. The number of fused-ring (bicyclic) bond motifs is 1. The molecule has 8 nitrogen and oxygen atoms in total. The van der Waals surface area contributed by atoms with Crippen LogP contribution in [0.2, 0.25) is 0 Å². The number of carbonyl (C=O) groups excluding carboxylic acids is 1. The number of benzene rings is 2. The summed E-state index contributed by atoms with van der Waals surface area (Å²) in [5.74, 6) is -1.59. The second-order valence-electron chi connectivity index (χ2n) is 10.3. The van der Waals surface area contributed by atoms with Gasteiger partial charge in [-0.2, -0.15) is 18.4 Å². The molecular formula is C32H25F4N5O3. The molecule has 0 spiro atoms. The lowest BCUT2D eigenvalue weighted by molar-refractivity contribution is -0.140. The predicted molar refractivity (Wildman–Crippen MR) is 152 cm³/mol. The summed E-state index contributed by atoms with van der Waals surface area (Å²) in [6.07, 6.45) is -3.74. The molecule has 0 bridgehead atoms. The van der Waals surface area contributed by atoms with Gasteiger partial charge in [0.1, 0.15) is 17.2 Å². The Balaban J connectivity index is 1.63. The van der Waals surface area contributed by atoms with Crippen molar-refractivity contribution in [2.24, 2.45) is 0 Å². The summed E-state index contributed by atoms with van der Waals surface area (Å²) >= 11 is 0. The van der Waals surface area contributed by atoms with Gasteiger partial charge in [-0.05, 0) is 68.3 Å². The van der Waals surface area contributed by atoms with E-state index in [0.717, 1.165) is 6.07 Å². The van der Waals surface area contributed by atoms with E-state index in [9.17, 15) is 32.4 Å². The SMILES string of the molecule is Cc1noc(C)c1CN(C(=O)Cc1ccc(C(F)(F)F)c(F)c1)[C@H](C)c1nc2ccccn2c(=O)c1-c1ccc(C#N)cc1. The first-order valence-electron chi connectivity index (χ1n) is 13.5. The summed E-state index contributed by atoms with van der Waals surface area (Å²) in [5, 5.41) is 13.2. The molecule has 0 saturated carbocycles. The molecule has 12 heteroatoms. The van der Waals surface area contributed by atoms with Crippen molar-refractivity contribution in [1.82, 2.24) is 19.4 Å². The Labute approximate surface area is 248 Å². The Kier molecular flexibility index (Phi) is 8.06. The standard InChI is InChI=1S/C32H25F4N5O3/c1-18-24(20(3)44-39-18)17-41(28(42)15-22-9-12-25(26(33)14-22)32(34,35)36)19(2)30-29(23-10-7-21(16-37)8-11-23)31(43)40-13-5-4-6-27(40)38-30/h4-14,19H,15,17H2,1-3H3/t19-/m1/s1. The first-order chi connectivity index (χ1) is 20.9. The number of nitrogens with zero attached hydrogens (tertiary/aromatic N) is 5. The highest BCUT2D eigenvalue weighted by molar-refractivity contribution is 5.80. The Morgan fingerprint density at radius 1 is 1.11 bits per heavy atom. The number of carbonyl (C=O) groups is 1. The van der Waals surface area contributed by atoms with Crippen LogP contribution in [0.15, 0.2) is 76.2 Å². The van der Waals surface area contributed by atoms with Gasteiger partial charge in [0.25, 0.3) is 5.56 Å². The number of pyridine rings is 1. The molecule has 3 heterocycles. The number of hydrogen-bond donors (Lipinski definition) is 0. The fourth-order valence-corrected chi connectivity index (χ4v) is 5.05. The molecule has 5 rings (SSSR count). The van der Waals surface area contributed by atoms with E-state index in [4.69, 9.17) is 9.51 Å². The molecule has 224 valence electrons. The van der Waals surface area contributed by atoms with Crippen molar-refractivity contribution in [3.8, 4) is 17.2 Å². The number of halogens is 4. The number of aryl methyl sites for hydroxylation is 2. The molecule has 3 aromatic heterocycles. The summed E-state index contributed by atoms with van der Waals surface area (Å²) in [4.78, 5) is 34.0. The van der Waals surface area contributed by atoms with E-state index in [1.807, 2.05) is 6.07 Å². The molecule has 0 aliphatic carbocycles. The minimum Gasteiger partial charge on any atom is -0.361 e. The maximum atomic E-state index is 14.4. The lowest BCUT2D eigenvalue weighted by atomic mass is 9.98. The highest BCUT2D eigenvalue weighted by Crippen LogP contribution is 2.33. The minimum atomic E-state index is -4.88. The zero-order chi connectivity index (χ0) is 31.8. The van der Waals surface area contributed by atoms with Gasteiger partial charge < -0.3 is 9.42 Å². The molecule has 0 radical (unpaired) electrons. The number of alkyl halides is 3. The van der Waals surface area contributed by atoms with Crippen LogP contribution < -0.4 is 5.56 Å². The Morgan fingerprint density at radius 2 is 1.84 bits per heavy atom. The summed E-state index contributed by atoms with van der Waals surface area (Å²) in [7, 11) is 0. The van der Waals surface area contributed by atoms with Crippen LogP contribution >= 0.6 is 0 Å². The molecule has 0 saturated heterocycles. The summed E-state index contributed by atoms with van der Waals surface area (Å²) in [5.41, 5.74) is 0.953. The fraction of sp³-hybridized carbons (Fsp3) is 0.219. The first-order valence-corrected chi connectivity index (χ1v) is 13.5. The van der Waals surface area contributed by atoms with Crippen molar-refractivity contribution >= 4 is 11.6 Å². The van der Waals surface area contributed by atoms with Gasteiger partial charge in [-0.15, -0.1) is 0 Å². The van der Waals surface area contributed by atoms with Crippen molar-refractivity contribution in [1.29, 1.82) is 5.26 Å². The average Bonchev–Trinajstić information content (AvgIpc) is 3.31. The largest absolute Gasteiger partial charge is 0.419 e. The lowest BCUT2D eigenvalue weighted by Crippen LogP contribution is -2.36. The zero-order valence-electron chi connectivity index (χ0n) is 23.8. The van der Waals surface area contributed by atoms with E-state index in [0.29, 0.717) is 45.9 Å². The second-order valence-corrected chi connectivity index (χ2v) is 10.3. The predicted octanol–water partition coefficient (Wildman–Crippen LogP) is 6.33. The number of hydrogen-bond acceptors (Lipinski definition) is 6. The highest BCUT2D eigenvalue weighted by Gasteiger charge is 2.34. The summed E-state index contributed by atoms with van der Waals surface area (Å²) < 4.78 is 60.5. The van der Waals surface area contributed by atoms with Crippen molar-refractivity contribution < 1.29 is 26.9 Å². The van der Waals surface area contributed by atoms with Gasteiger partial charge in [-0.1, -0.05) is 29.4 Å². The van der Waals surface area contributed by atoms with Gasteiger partial charge in [-0.25, -0.2) is 9.37 Å². The van der Waals surface area contributed by atoms with Crippen LogP contribution in [-0.4, -0.2) is 25.3 Å². The van der Waals surface area contributed by atoms with Gasteiger partial charge in [0, 0.05) is 11.8 Å². The molecule has 0 unspecified atom stereocenters. The molecule has 2 aromatic carbocycles. The lowest BCUT2D eigenvalue weighted by Gasteiger charge is -2.30. The van der Waals surface area contributed by atoms with E-state index < -0.39 is 41.5 Å². The van der Waals surface area contributed by atoms with E-state index in [2.05, 4.69) is 5.16 Å². The molecule has 1 amide bonds. The van der Waals surface area contributed by atoms with Crippen LogP contribution in [0.25, 0.3) is 16.8 Å². The minimum absolute atomic E-state index is 0.0348. The third-order valence-electron chi connectivity index (χ3n) is 7.45. The Bertz CT molecular complexity index is 1950. The van der Waals surface area contributed by atoms with Crippen molar-refractivity contribution in [2.75, 3.05) is 0 Å². The average molecular weight is 604 g/mol. The fourth-order valence-electron chi connectivity index (χ4n) is 5.05. The van der Waals surface area contributed by atoms with Gasteiger partial charge in [0.2, 0.25) is 5.91 Å². The first kappa shape index (κ1) is 30.2. The van der Waals surface area contributed by atoms with Gasteiger partial charge in [0.05, 0.1) is 53.2 Å². The number of nitriles is 1. The Hall–Kier alpha value is -5.31. The molecular weight excluding hydrogens is 578 g/mol. The number of rotatable bonds is 7. The molecule has 0 fully saturated rings. The van der Waals surface area contributed by atoms with Gasteiger partial charge in [-0.3, -0.25) is 14.0 Å².